The van der Waals surface area contributed by atoms with Gasteiger partial charge in [0.25, 0.3) is 0 Å². The van der Waals surface area contributed by atoms with Crippen molar-refractivity contribution in [2.75, 3.05) is 0 Å². The van der Waals surface area contributed by atoms with Gasteiger partial charge in [0.05, 0.1) is 23.0 Å². The van der Waals surface area contributed by atoms with Crippen molar-refractivity contribution in [2.45, 2.75) is 31.8 Å². The standard InChI is InChI=1S/C20H16Cl3N3O2/c21-14-4-2-13(3-5-14)20-25-24-18(28-20)11-26(15-6-7-15)19(27)10-12-1-8-16(22)17(23)9-12/h1-5,8-9,15H,6-7,10-11H2. The van der Waals surface area contributed by atoms with Crippen LogP contribution in [-0.2, 0) is 17.8 Å². The maximum Gasteiger partial charge on any atom is 0.247 e. The fourth-order valence-corrected chi connectivity index (χ4v) is 3.35. The molecule has 0 saturated heterocycles. The lowest BCUT2D eigenvalue weighted by atomic mass is 10.1. The van der Waals surface area contributed by atoms with E-state index in [1.807, 2.05) is 18.2 Å². The van der Waals surface area contributed by atoms with E-state index < -0.39 is 0 Å². The van der Waals surface area contributed by atoms with Gasteiger partial charge in [-0.2, -0.15) is 0 Å². The molecule has 28 heavy (non-hydrogen) atoms. The Morgan fingerprint density at radius 2 is 1.79 bits per heavy atom. The molecule has 1 amide bonds. The third kappa shape index (κ3) is 4.49. The van der Waals surface area contributed by atoms with Crippen molar-refractivity contribution in [1.29, 1.82) is 0 Å². The molecule has 0 spiro atoms. The Balaban J connectivity index is 1.47. The van der Waals surface area contributed by atoms with Crippen LogP contribution in [0.25, 0.3) is 11.5 Å². The third-order valence-corrected chi connectivity index (χ3v) is 5.50. The van der Waals surface area contributed by atoms with Crippen molar-refractivity contribution in [1.82, 2.24) is 15.1 Å². The number of nitrogens with zero attached hydrogens (tertiary/aromatic N) is 3. The first kappa shape index (κ1) is 19.2. The summed E-state index contributed by atoms with van der Waals surface area (Å²) in [4.78, 5) is 14.6. The highest BCUT2D eigenvalue weighted by Crippen LogP contribution is 2.30. The second-order valence-corrected chi connectivity index (χ2v) is 7.94. The van der Waals surface area contributed by atoms with Crippen LogP contribution in [-0.4, -0.2) is 27.0 Å². The number of carbonyl (C=O) groups excluding carboxylic acids is 1. The smallest absolute Gasteiger partial charge is 0.247 e. The van der Waals surface area contributed by atoms with Crippen molar-refractivity contribution in [2.24, 2.45) is 0 Å². The fraction of sp³-hybridized carbons (Fsp3) is 0.250. The van der Waals surface area contributed by atoms with E-state index in [9.17, 15) is 4.79 Å². The predicted octanol–water partition coefficient (Wildman–Crippen LogP) is 5.43. The highest BCUT2D eigenvalue weighted by atomic mass is 35.5. The summed E-state index contributed by atoms with van der Waals surface area (Å²) >= 11 is 17.9. The van der Waals surface area contributed by atoms with E-state index in [0.29, 0.717) is 26.8 Å². The average Bonchev–Trinajstić information content (AvgIpc) is 3.41. The summed E-state index contributed by atoms with van der Waals surface area (Å²) in [5.74, 6) is 0.797. The van der Waals surface area contributed by atoms with Gasteiger partial charge in [-0.25, -0.2) is 0 Å². The van der Waals surface area contributed by atoms with Crippen molar-refractivity contribution >= 4 is 40.7 Å². The SMILES string of the molecule is O=C(Cc1ccc(Cl)c(Cl)c1)N(Cc1nnc(-c2ccc(Cl)cc2)o1)C1CC1. The maximum atomic E-state index is 12.9. The van der Waals surface area contributed by atoms with Crippen LogP contribution in [0.3, 0.4) is 0 Å². The van der Waals surface area contributed by atoms with Crippen LogP contribution >= 0.6 is 34.8 Å². The topological polar surface area (TPSA) is 59.2 Å². The lowest BCUT2D eigenvalue weighted by molar-refractivity contribution is -0.132. The van der Waals surface area contributed by atoms with Crippen LogP contribution in [0.2, 0.25) is 15.1 Å². The molecule has 1 aliphatic carbocycles. The molecule has 0 radical (unpaired) electrons. The van der Waals surface area contributed by atoms with Gasteiger partial charge < -0.3 is 9.32 Å². The van der Waals surface area contributed by atoms with Crippen LogP contribution in [0, 0.1) is 0 Å². The molecule has 144 valence electrons. The maximum absolute atomic E-state index is 12.9. The first-order valence-corrected chi connectivity index (χ1v) is 9.95. The lowest BCUT2D eigenvalue weighted by Crippen LogP contribution is -2.34. The summed E-state index contributed by atoms with van der Waals surface area (Å²) in [6, 6.07) is 12.6. The molecule has 1 aromatic heterocycles. The Kier molecular flexibility index (Phi) is 5.58. The Bertz CT molecular complexity index is 1000. The number of benzene rings is 2. The molecule has 0 aliphatic heterocycles. The van der Waals surface area contributed by atoms with E-state index in [1.54, 1.807) is 29.2 Å². The van der Waals surface area contributed by atoms with Crippen LogP contribution in [0.5, 0.6) is 0 Å². The minimum atomic E-state index is -0.00729. The number of hydrogen-bond acceptors (Lipinski definition) is 4. The van der Waals surface area contributed by atoms with E-state index in [1.165, 1.54) is 0 Å². The van der Waals surface area contributed by atoms with Crippen molar-refractivity contribution in [3.63, 3.8) is 0 Å². The monoisotopic (exact) mass is 435 g/mol. The molecule has 1 fully saturated rings. The van der Waals surface area contributed by atoms with Gasteiger partial charge in [-0.15, -0.1) is 10.2 Å². The number of hydrogen-bond donors (Lipinski definition) is 0. The Morgan fingerprint density at radius 1 is 1.04 bits per heavy atom. The molecule has 3 aromatic rings. The van der Waals surface area contributed by atoms with Gasteiger partial charge in [0, 0.05) is 16.6 Å². The number of aromatic nitrogens is 2. The zero-order valence-corrected chi connectivity index (χ0v) is 17.0. The molecule has 2 aromatic carbocycles. The molecule has 0 atom stereocenters. The van der Waals surface area contributed by atoms with Crippen LogP contribution in [0.4, 0.5) is 0 Å². The minimum Gasteiger partial charge on any atom is -0.419 e. The number of rotatable bonds is 6. The van der Waals surface area contributed by atoms with E-state index in [2.05, 4.69) is 10.2 Å². The number of amides is 1. The highest BCUT2D eigenvalue weighted by molar-refractivity contribution is 6.42. The Morgan fingerprint density at radius 3 is 2.46 bits per heavy atom. The van der Waals surface area contributed by atoms with E-state index in [0.717, 1.165) is 24.0 Å². The normalized spacial score (nSPS) is 13.5. The van der Waals surface area contributed by atoms with E-state index in [4.69, 9.17) is 39.2 Å². The summed E-state index contributed by atoms with van der Waals surface area (Å²) in [5.41, 5.74) is 1.60. The van der Waals surface area contributed by atoms with Crippen molar-refractivity contribution in [3.8, 4) is 11.5 Å². The summed E-state index contributed by atoms with van der Waals surface area (Å²) < 4.78 is 5.76. The van der Waals surface area contributed by atoms with Crippen molar-refractivity contribution < 1.29 is 9.21 Å². The average molecular weight is 437 g/mol. The van der Waals surface area contributed by atoms with Gasteiger partial charge >= 0.3 is 0 Å². The first-order chi connectivity index (χ1) is 13.5. The summed E-state index contributed by atoms with van der Waals surface area (Å²) in [6.07, 6.45) is 2.20. The zero-order valence-electron chi connectivity index (χ0n) is 14.7. The second-order valence-electron chi connectivity index (χ2n) is 6.69. The highest BCUT2D eigenvalue weighted by Gasteiger charge is 2.33. The molecule has 1 heterocycles. The van der Waals surface area contributed by atoms with Crippen LogP contribution < -0.4 is 0 Å². The summed E-state index contributed by atoms with van der Waals surface area (Å²) in [6.45, 7) is 0.283. The van der Waals surface area contributed by atoms with Gasteiger partial charge in [0.15, 0.2) is 0 Å². The van der Waals surface area contributed by atoms with Crippen molar-refractivity contribution in [3.05, 3.63) is 69.0 Å². The largest absolute Gasteiger partial charge is 0.419 e. The molecular weight excluding hydrogens is 421 g/mol. The number of halogens is 3. The Hall–Kier alpha value is -2.08. The van der Waals surface area contributed by atoms with Crippen LogP contribution in [0.1, 0.15) is 24.3 Å². The second kappa shape index (κ2) is 8.11. The molecule has 4 rings (SSSR count). The third-order valence-electron chi connectivity index (χ3n) is 4.51. The predicted molar refractivity (Wildman–Crippen MR) is 108 cm³/mol. The van der Waals surface area contributed by atoms with E-state index in [-0.39, 0.29) is 24.9 Å². The molecule has 1 aliphatic rings. The summed E-state index contributed by atoms with van der Waals surface area (Å²) in [5, 5.41) is 9.73. The zero-order chi connectivity index (χ0) is 19.7. The Labute approximate surface area is 177 Å². The molecule has 0 unspecified atom stereocenters. The molecule has 0 bridgehead atoms. The molecule has 0 N–H and O–H groups in total. The lowest BCUT2D eigenvalue weighted by Gasteiger charge is -2.20. The molecular formula is C20H16Cl3N3O2. The van der Waals surface area contributed by atoms with Gasteiger partial charge in [0.1, 0.15) is 0 Å². The van der Waals surface area contributed by atoms with E-state index >= 15 is 0 Å². The van der Waals surface area contributed by atoms with Gasteiger partial charge in [-0.05, 0) is 54.8 Å². The fourth-order valence-electron chi connectivity index (χ4n) is 2.91. The number of carbonyl (C=O) groups is 1. The molecule has 8 heteroatoms. The van der Waals surface area contributed by atoms with Gasteiger partial charge in [0.2, 0.25) is 17.7 Å². The molecule has 5 nitrogen and oxygen atoms in total. The van der Waals surface area contributed by atoms with Gasteiger partial charge in [-0.3, -0.25) is 4.79 Å². The quantitative estimate of drug-likeness (QED) is 0.517. The van der Waals surface area contributed by atoms with Gasteiger partial charge in [-0.1, -0.05) is 40.9 Å². The summed E-state index contributed by atoms with van der Waals surface area (Å²) in [7, 11) is 0. The minimum absolute atomic E-state index is 0.00729. The first-order valence-electron chi connectivity index (χ1n) is 8.81. The van der Waals surface area contributed by atoms with Crippen LogP contribution in [0.15, 0.2) is 46.9 Å². The molecule has 1 saturated carbocycles.